The molecule has 4 N–H and O–H groups in total. The van der Waals surface area contributed by atoms with Gasteiger partial charge in [-0.25, -0.2) is 0 Å². The van der Waals surface area contributed by atoms with Crippen molar-refractivity contribution in [3.63, 3.8) is 0 Å². The first-order valence-electron chi connectivity index (χ1n) is 4.23. The van der Waals surface area contributed by atoms with Gasteiger partial charge in [0.2, 0.25) is 0 Å². The van der Waals surface area contributed by atoms with Gasteiger partial charge < -0.3 is 25.7 Å². The Bertz CT molecular complexity index is 104. The van der Waals surface area contributed by atoms with E-state index in [2.05, 4.69) is 0 Å². The first kappa shape index (κ1) is 12.8. The first-order valence-corrected chi connectivity index (χ1v) is 4.23. The molecule has 0 amide bonds. The maximum absolute atomic E-state index is 5.51. The zero-order valence-corrected chi connectivity index (χ0v) is 8.53. The molecule has 5 heteroatoms. The number of hydrogen-bond acceptors (Lipinski definition) is 5. The lowest BCUT2D eigenvalue weighted by Gasteiger charge is -2.29. The number of nitrogens with two attached hydrogens (primary N) is 2. The average Bonchev–Trinajstić information content (AvgIpc) is 2.18. The third-order valence-electron chi connectivity index (χ3n) is 2.08. The zero-order valence-electron chi connectivity index (χ0n) is 8.53. The van der Waals surface area contributed by atoms with E-state index in [-0.39, 0.29) is 18.3 Å². The van der Waals surface area contributed by atoms with E-state index >= 15 is 0 Å². The van der Waals surface area contributed by atoms with Gasteiger partial charge in [0.1, 0.15) is 6.10 Å². The fourth-order valence-electron chi connectivity index (χ4n) is 1.27. The van der Waals surface area contributed by atoms with Crippen molar-refractivity contribution in [2.24, 2.45) is 11.5 Å². The molecule has 3 atom stereocenters. The van der Waals surface area contributed by atoms with E-state index in [1.807, 2.05) is 0 Å². The molecule has 0 aromatic carbocycles. The highest BCUT2D eigenvalue weighted by Crippen LogP contribution is 2.08. The van der Waals surface area contributed by atoms with Crippen molar-refractivity contribution in [2.75, 3.05) is 34.4 Å². The van der Waals surface area contributed by atoms with E-state index < -0.39 is 0 Å². The van der Waals surface area contributed by atoms with Crippen molar-refractivity contribution in [1.29, 1.82) is 0 Å². The lowest BCUT2D eigenvalue weighted by molar-refractivity contribution is -0.0998. The molecule has 0 saturated heterocycles. The van der Waals surface area contributed by atoms with Crippen LogP contribution in [-0.2, 0) is 14.2 Å². The molecule has 0 fully saturated rings. The Morgan fingerprint density at radius 1 is 0.846 bits per heavy atom. The topological polar surface area (TPSA) is 79.7 Å². The van der Waals surface area contributed by atoms with Crippen LogP contribution in [0, 0.1) is 0 Å². The SMILES string of the molecule is COC([C@H](CN)OC)[C@@H](CN)OC. The van der Waals surface area contributed by atoms with Gasteiger partial charge >= 0.3 is 0 Å². The highest BCUT2D eigenvalue weighted by Gasteiger charge is 2.27. The summed E-state index contributed by atoms with van der Waals surface area (Å²) in [5, 5.41) is 0. The Hall–Kier alpha value is -0.200. The lowest BCUT2D eigenvalue weighted by atomic mass is 10.1. The summed E-state index contributed by atoms with van der Waals surface area (Å²) in [4.78, 5) is 0. The van der Waals surface area contributed by atoms with Crippen molar-refractivity contribution in [1.82, 2.24) is 0 Å². The molecule has 0 bridgehead atoms. The summed E-state index contributed by atoms with van der Waals surface area (Å²) in [5.74, 6) is 0. The Morgan fingerprint density at radius 3 is 1.38 bits per heavy atom. The third kappa shape index (κ3) is 3.58. The van der Waals surface area contributed by atoms with E-state index in [1.54, 1.807) is 21.3 Å². The monoisotopic (exact) mass is 192 g/mol. The van der Waals surface area contributed by atoms with Crippen molar-refractivity contribution in [3.05, 3.63) is 0 Å². The Labute approximate surface area is 79.3 Å². The van der Waals surface area contributed by atoms with Gasteiger partial charge in [-0.3, -0.25) is 0 Å². The van der Waals surface area contributed by atoms with Crippen LogP contribution >= 0.6 is 0 Å². The molecular weight excluding hydrogens is 172 g/mol. The summed E-state index contributed by atoms with van der Waals surface area (Å²) in [7, 11) is 4.77. The fourth-order valence-corrected chi connectivity index (χ4v) is 1.27. The number of ether oxygens (including phenoxy) is 3. The molecule has 0 aromatic rings. The summed E-state index contributed by atoms with van der Waals surface area (Å²) < 4.78 is 15.5. The Kier molecular flexibility index (Phi) is 7.12. The van der Waals surface area contributed by atoms with Gasteiger partial charge in [0.15, 0.2) is 0 Å². The van der Waals surface area contributed by atoms with E-state index in [0.717, 1.165) is 0 Å². The summed E-state index contributed by atoms with van der Waals surface area (Å²) in [6.07, 6.45) is -0.581. The molecular formula is C8H20N2O3. The van der Waals surface area contributed by atoms with Gasteiger partial charge in [-0.1, -0.05) is 0 Å². The van der Waals surface area contributed by atoms with Gasteiger partial charge in [-0.2, -0.15) is 0 Å². The number of hydrogen-bond donors (Lipinski definition) is 2. The zero-order chi connectivity index (χ0) is 10.3. The van der Waals surface area contributed by atoms with Crippen LogP contribution in [-0.4, -0.2) is 52.7 Å². The molecule has 0 aliphatic heterocycles. The van der Waals surface area contributed by atoms with Crippen molar-refractivity contribution in [2.45, 2.75) is 18.3 Å². The summed E-state index contributed by atoms with van der Waals surface area (Å²) >= 11 is 0. The van der Waals surface area contributed by atoms with E-state index in [1.165, 1.54) is 0 Å². The highest BCUT2D eigenvalue weighted by atomic mass is 16.6. The van der Waals surface area contributed by atoms with Crippen molar-refractivity contribution in [3.8, 4) is 0 Å². The normalized spacial score (nSPS) is 18.2. The Morgan fingerprint density at radius 2 is 1.23 bits per heavy atom. The molecule has 0 heterocycles. The number of rotatable bonds is 7. The minimum Gasteiger partial charge on any atom is -0.377 e. The summed E-state index contributed by atoms with van der Waals surface area (Å²) in [6, 6.07) is 0. The van der Waals surface area contributed by atoms with Crippen LogP contribution in [0.25, 0.3) is 0 Å². The van der Waals surface area contributed by atoms with Gasteiger partial charge in [-0.05, 0) is 0 Å². The molecule has 5 nitrogen and oxygen atoms in total. The molecule has 0 rings (SSSR count). The van der Waals surface area contributed by atoms with Crippen LogP contribution < -0.4 is 11.5 Å². The predicted octanol–water partition coefficient (Wildman–Crippen LogP) is -1.05. The lowest BCUT2D eigenvalue weighted by Crippen LogP contribution is -2.48. The molecule has 0 radical (unpaired) electrons. The first-order chi connectivity index (χ1) is 6.24. The molecule has 13 heavy (non-hydrogen) atoms. The van der Waals surface area contributed by atoms with Gasteiger partial charge in [-0.15, -0.1) is 0 Å². The van der Waals surface area contributed by atoms with Crippen molar-refractivity contribution < 1.29 is 14.2 Å². The quantitative estimate of drug-likeness (QED) is 0.538. The molecule has 0 aliphatic carbocycles. The second kappa shape index (κ2) is 7.23. The predicted molar refractivity (Wildman–Crippen MR) is 50.5 cm³/mol. The molecule has 80 valence electrons. The van der Waals surface area contributed by atoms with Crippen LogP contribution in [0.1, 0.15) is 0 Å². The molecule has 0 aromatic heterocycles. The highest BCUT2D eigenvalue weighted by molar-refractivity contribution is 4.80. The van der Waals surface area contributed by atoms with Crippen LogP contribution in [0.15, 0.2) is 0 Å². The third-order valence-corrected chi connectivity index (χ3v) is 2.08. The maximum Gasteiger partial charge on any atom is 0.112 e. The fraction of sp³-hybridized carbons (Fsp3) is 1.00. The molecule has 0 aliphatic rings. The molecule has 0 saturated carbocycles. The molecule has 0 spiro atoms. The van der Waals surface area contributed by atoms with E-state index in [9.17, 15) is 0 Å². The van der Waals surface area contributed by atoms with Gasteiger partial charge in [0.05, 0.1) is 12.2 Å². The van der Waals surface area contributed by atoms with Crippen LogP contribution in [0.4, 0.5) is 0 Å². The van der Waals surface area contributed by atoms with Crippen LogP contribution in [0.2, 0.25) is 0 Å². The largest absolute Gasteiger partial charge is 0.377 e. The van der Waals surface area contributed by atoms with Crippen LogP contribution in [0.3, 0.4) is 0 Å². The maximum atomic E-state index is 5.51. The second-order valence-electron chi connectivity index (χ2n) is 2.72. The van der Waals surface area contributed by atoms with Gasteiger partial charge in [0.25, 0.3) is 0 Å². The Balaban J connectivity index is 4.26. The number of methoxy groups -OCH3 is 3. The van der Waals surface area contributed by atoms with E-state index in [4.69, 9.17) is 25.7 Å². The standard InChI is InChI=1S/C8H20N2O3/c1-11-6(4-9)8(13-3)7(5-10)12-2/h6-8H,4-5,9-10H2,1-3H3/t6-,7+,8?. The van der Waals surface area contributed by atoms with E-state index in [0.29, 0.717) is 13.1 Å². The summed E-state index contributed by atoms with van der Waals surface area (Å²) in [6.45, 7) is 0.768. The van der Waals surface area contributed by atoms with Gasteiger partial charge in [0, 0.05) is 34.4 Å². The molecule has 1 unspecified atom stereocenters. The van der Waals surface area contributed by atoms with Crippen LogP contribution in [0.5, 0.6) is 0 Å². The average molecular weight is 192 g/mol. The van der Waals surface area contributed by atoms with Crippen molar-refractivity contribution >= 4 is 0 Å². The smallest absolute Gasteiger partial charge is 0.112 e. The summed E-state index contributed by atoms with van der Waals surface area (Å²) in [5.41, 5.74) is 11.0. The minimum absolute atomic E-state index is 0.182. The minimum atomic E-state index is -0.218. The second-order valence-corrected chi connectivity index (χ2v) is 2.72.